The molecule has 1 atom stereocenters. The molecular weight excluding hydrogens is 634 g/mol. The van der Waals surface area contributed by atoms with Gasteiger partial charge in [-0.3, -0.25) is 14.5 Å². The van der Waals surface area contributed by atoms with Crippen molar-refractivity contribution in [2.75, 3.05) is 30.5 Å². The van der Waals surface area contributed by atoms with Crippen molar-refractivity contribution in [1.82, 2.24) is 4.72 Å². The van der Waals surface area contributed by atoms with E-state index in [0.717, 1.165) is 5.56 Å². The molecule has 4 rings (SSSR count). The first kappa shape index (κ1) is 32.6. The van der Waals surface area contributed by atoms with Crippen molar-refractivity contribution in [3.8, 4) is 5.75 Å². The number of rotatable bonds is 9. The lowest BCUT2D eigenvalue weighted by atomic mass is 10.1. The molecule has 0 saturated carbocycles. The molecule has 1 heterocycles. The fourth-order valence-corrected chi connectivity index (χ4v) is 5.44. The highest BCUT2D eigenvalue weighted by Gasteiger charge is 2.45. The molecule has 0 saturated heterocycles. The van der Waals surface area contributed by atoms with Gasteiger partial charge in [0, 0.05) is 29.0 Å². The monoisotopic (exact) mass is 659 g/mol. The summed E-state index contributed by atoms with van der Waals surface area (Å²) in [5, 5.41) is 3.42. The molecule has 1 aliphatic rings. The Kier molecular flexibility index (Phi) is 10.2. The largest absolute Gasteiger partial charge is 0.511 e. The van der Waals surface area contributed by atoms with E-state index in [9.17, 15) is 31.2 Å². The Morgan fingerprint density at radius 2 is 1.79 bits per heavy atom. The normalized spacial score (nSPS) is 15.4. The quantitative estimate of drug-likeness (QED) is 0.272. The fourth-order valence-electron chi connectivity index (χ4n) is 4.51. The molecule has 15 heteroatoms. The molecule has 3 aromatic carbocycles. The molecule has 2 amide bonds. The lowest BCUT2D eigenvalue weighted by Gasteiger charge is -2.32. The first-order valence-corrected chi connectivity index (χ1v) is 15.1. The number of benzene rings is 3. The summed E-state index contributed by atoms with van der Waals surface area (Å²) in [6.07, 6.45) is 0.401. The highest BCUT2D eigenvalue weighted by atomic mass is 35.5. The number of hydrogen-bond acceptors (Lipinski definition) is 6. The van der Waals surface area contributed by atoms with E-state index < -0.39 is 46.7 Å². The summed E-state index contributed by atoms with van der Waals surface area (Å²) in [4.78, 5) is 28.2. The third-order valence-corrected chi connectivity index (χ3v) is 8.28. The average Bonchev–Trinajstić information content (AvgIpc) is 3.13. The predicted molar refractivity (Wildman–Crippen MR) is 156 cm³/mol. The number of methoxy groups -OCH3 is 1. The molecule has 9 nitrogen and oxygen atoms in total. The molecule has 2 N–H and O–H groups in total. The number of nitrogens with one attached hydrogen (secondary N) is 2. The van der Waals surface area contributed by atoms with Crippen LogP contribution in [0.2, 0.25) is 10.0 Å². The van der Waals surface area contributed by atoms with Gasteiger partial charge in [-0.05, 0) is 67.3 Å². The van der Waals surface area contributed by atoms with Crippen LogP contribution < -0.4 is 19.7 Å². The van der Waals surface area contributed by atoms with Gasteiger partial charge in [-0.1, -0.05) is 35.3 Å². The van der Waals surface area contributed by atoms with Crippen LogP contribution in [0.1, 0.15) is 39.1 Å². The Balaban J connectivity index is 1.61. The number of halogens is 5. The third-order valence-electron chi connectivity index (χ3n) is 6.52. The molecular formula is C28H26Cl2F3N3O6S. The number of sulfonamides is 1. The summed E-state index contributed by atoms with van der Waals surface area (Å²) in [5.41, 5.74) is -3.58. The fraction of sp³-hybridized carbons (Fsp3) is 0.286. The topological polar surface area (TPSA) is 114 Å². The van der Waals surface area contributed by atoms with E-state index in [1.165, 1.54) is 34.9 Å². The molecule has 1 aliphatic heterocycles. The van der Waals surface area contributed by atoms with Crippen molar-refractivity contribution in [3.63, 3.8) is 0 Å². The van der Waals surface area contributed by atoms with Crippen molar-refractivity contribution in [2.45, 2.75) is 31.0 Å². The number of fused-ring (bicyclic) bond motifs is 1. The van der Waals surface area contributed by atoms with E-state index in [-0.39, 0.29) is 21.9 Å². The Bertz CT molecular complexity index is 1620. The number of anilines is 2. The van der Waals surface area contributed by atoms with Gasteiger partial charge < -0.3 is 14.8 Å². The summed E-state index contributed by atoms with van der Waals surface area (Å²) in [6, 6.07) is 15.9. The molecule has 0 aliphatic carbocycles. The minimum atomic E-state index is -5.56. The highest BCUT2D eigenvalue weighted by Crippen LogP contribution is 2.35. The smallest absolute Gasteiger partial charge is 0.496 e. The summed E-state index contributed by atoms with van der Waals surface area (Å²) >= 11 is 12.3. The van der Waals surface area contributed by atoms with E-state index in [1.807, 2.05) is 0 Å². The van der Waals surface area contributed by atoms with E-state index in [1.54, 1.807) is 42.5 Å². The molecule has 0 fully saturated rings. The minimum absolute atomic E-state index is 0.104. The van der Waals surface area contributed by atoms with Gasteiger partial charge in [0.2, 0.25) is 0 Å². The van der Waals surface area contributed by atoms with E-state index in [0.29, 0.717) is 35.7 Å². The van der Waals surface area contributed by atoms with E-state index in [4.69, 9.17) is 32.7 Å². The van der Waals surface area contributed by atoms with Crippen LogP contribution in [0.3, 0.4) is 0 Å². The Morgan fingerprint density at radius 1 is 1.05 bits per heavy atom. The maximum atomic E-state index is 14.1. The van der Waals surface area contributed by atoms with Crippen molar-refractivity contribution in [3.05, 3.63) is 87.4 Å². The average molecular weight is 660 g/mol. The van der Waals surface area contributed by atoms with E-state index in [2.05, 4.69) is 5.32 Å². The van der Waals surface area contributed by atoms with Gasteiger partial charge in [-0.25, -0.2) is 13.1 Å². The van der Waals surface area contributed by atoms with Crippen LogP contribution in [-0.4, -0.2) is 52.2 Å². The minimum Gasteiger partial charge on any atom is -0.496 e. The number of carbonyl (C=O) groups is 2. The third kappa shape index (κ3) is 7.60. The SMILES string of the molecule is COc1cc(NC(=O)c2ccccc2Cl)ccc1C(=O)N1c2ccc(Cl)cc2CCCC1OCCNS(=O)(=O)C(F)(F)F. The molecule has 0 spiro atoms. The van der Waals surface area contributed by atoms with Crippen molar-refractivity contribution in [1.29, 1.82) is 0 Å². The number of hydrogen-bond donors (Lipinski definition) is 2. The number of ether oxygens (including phenoxy) is 2. The molecule has 230 valence electrons. The highest BCUT2D eigenvalue weighted by molar-refractivity contribution is 7.90. The first-order valence-electron chi connectivity index (χ1n) is 12.9. The summed E-state index contributed by atoms with van der Waals surface area (Å²) < 4.78 is 73.5. The van der Waals surface area contributed by atoms with Crippen LogP contribution in [0.15, 0.2) is 60.7 Å². The maximum Gasteiger partial charge on any atom is 0.511 e. The second-order valence-electron chi connectivity index (χ2n) is 9.36. The Morgan fingerprint density at radius 3 is 2.49 bits per heavy atom. The number of aryl methyl sites for hydroxylation is 1. The number of carbonyl (C=O) groups excluding carboxylic acids is 2. The molecule has 0 radical (unpaired) electrons. The van der Waals surface area contributed by atoms with Gasteiger partial charge in [0.05, 0.1) is 29.9 Å². The number of nitrogens with zero attached hydrogens (tertiary/aromatic N) is 1. The lowest BCUT2D eigenvalue weighted by Crippen LogP contribution is -2.44. The number of alkyl halides is 3. The zero-order valence-electron chi connectivity index (χ0n) is 22.6. The van der Waals surface area contributed by atoms with Gasteiger partial charge in [-0.15, -0.1) is 0 Å². The predicted octanol–water partition coefficient (Wildman–Crippen LogP) is 6.02. The van der Waals surface area contributed by atoms with Crippen LogP contribution in [0.25, 0.3) is 0 Å². The molecule has 3 aromatic rings. The van der Waals surface area contributed by atoms with Gasteiger partial charge in [-0.2, -0.15) is 13.2 Å². The van der Waals surface area contributed by atoms with Crippen molar-refractivity contribution < 1.29 is 40.7 Å². The van der Waals surface area contributed by atoms with Gasteiger partial charge in [0.1, 0.15) is 12.0 Å². The number of amides is 2. The Labute approximate surface area is 255 Å². The lowest BCUT2D eigenvalue weighted by molar-refractivity contribution is -0.0450. The first-order chi connectivity index (χ1) is 20.3. The molecule has 43 heavy (non-hydrogen) atoms. The van der Waals surface area contributed by atoms with Gasteiger partial charge in [0.25, 0.3) is 11.8 Å². The molecule has 0 bridgehead atoms. The van der Waals surface area contributed by atoms with Crippen LogP contribution >= 0.6 is 23.2 Å². The zero-order chi connectivity index (χ0) is 31.4. The summed E-state index contributed by atoms with van der Waals surface area (Å²) in [5.74, 6) is -0.912. The second kappa shape index (κ2) is 13.5. The van der Waals surface area contributed by atoms with Crippen LogP contribution in [0.4, 0.5) is 24.5 Å². The van der Waals surface area contributed by atoms with E-state index >= 15 is 0 Å². The molecule has 1 unspecified atom stereocenters. The van der Waals surface area contributed by atoms with Crippen LogP contribution in [0, 0.1) is 0 Å². The molecule has 0 aromatic heterocycles. The zero-order valence-corrected chi connectivity index (χ0v) is 24.9. The second-order valence-corrected chi connectivity index (χ2v) is 12.0. The van der Waals surface area contributed by atoms with Gasteiger partial charge in [0.15, 0.2) is 0 Å². The van der Waals surface area contributed by atoms with Gasteiger partial charge >= 0.3 is 15.5 Å². The summed E-state index contributed by atoms with van der Waals surface area (Å²) in [6.45, 7) is -1.12. The summed E-state index contributed by atoms with van der Waals surface area (Å²) in [7, 11) is -4.21. The van der Waals surface area contributed by atoms with Crippen molar-refractivity contribution >= 4 is 56.4 Å². The van der Waals surface area contributed by atoms with Crippen LogP contribution in [-0.2, 0) is 21.2 Å². The van der Waals surface area contributed by atoms with Crippen molar-refractivity contribution in [2.24, 2.45) is 0 Å². The Hall–Kier alpha value is -3.36. The van der Waals surface area contributed by atoms with Crippen LogP contribution in [0.5, 0.6) is 5.75 Å². The maximum absolute atomic E-state index is 14.1. The standard InChI is InChI=1S/C28H26Cl2F3N3O6S/c1-41-24-16-19(35-26(37)20-6-2-3-7-22(20)30)10-11-21(24)27(38)36-23-12-9-18(29)15-17(23)5-4-8-25(36)42-14-13-34-43(39,40)28(31,32)33/h2-3,6-7,9-12,15-16,25,34H,4-5,8,13-14H2,1H3,(H,35,37).